The van der Waals surface area contributed by atoms with E-state index in [9.17, 15) is 0 Å². The highest BCUT2D eigenvalue weighted by Gasteiger charge is 2.10. The summed E-state index contributed by atoms with van der Waals surface area (Å²) in [6.45, 7) is 4.26. The molecule has 21 heavy (non-hydrogen) atoms. The van der Waals surface area contributed by atoms with Crippen molar-refractivity contribution in [1.82, 2.24) is 0 Å². The Morgan fingerprint density at radius 3 is 2.29 bits per heavy atom. The van der Waals surface area contributed by atoms with Gasteiger partial charge < -0.3 is 5.41 Å². The summed E-state index contributed by atoms with van der Waals surface area (Å²) in [6, 6.07) is 19.0. The lowest BCUT2D eigenvalue weighted by molar-refractivity contribution is 0.602. The number of unbranched alkanes of at least 4 members (excludes halogenated alkanes) is 1. The topological polar surface area (TPSA) is 23.9 Å². The quantitative estimate of drug-likeness (QED) is 0.517. The van der Waals surface area contributed by atoms with Gasteiger partial charge in [0.2, 0.25) is 0 Å². The third-order valence-electron chi connectivity index (χ3n) is 4.05. The third kappa shape index (κ3) is 4.86. The lowest BCUT2D eigenvalue weighted by Gasteiger charge is -2.13. The molecule has 1 heteroatoms. The van der Waals surface area contributed by atoms with Crippen LogP contribution in [0.3, 0.4) is 0 Å². The van der Waals surface area contributed by atoms with E-state index >= 15 is 0 Å². The smallest absolute Gasteiger partial charge is 0.0414 e. The molecule has 0 saturated heterocycles. The molecule has 0 aliphatic rings. The molecule has 0 saturated carbocycles. The van der Waals surface area contributed by atoms with Crippen molar-refractivity contribution in [2.24, 2.45) is 5.92 Å². The van der Waals surface area contributed by atoms with Crippen LogP contribution in [0.1, 0.15) is 42.9 Å². The van der Waals surface area contributed by atoms with Crippen molar-refractivity contribution < 1.29 is 0 Å². The van der Waals surface area contributed by atoms with Crippen molar-refractivity contribution in [3.63, 3.8) is 0 Å². The zero-order valence-electron chi connectivity index (χ0n) is 13.1. The van der Waals surface area contributed by atoms with Crippen LogP contribution in [0.5, 0.6) is 0 Å². The van der Waals surface area contributed by atoms with Crippen molar-refractivity contribution in [2.75, 3.05) is 0 Å². The summed E-state index contributed by atoms with van der Waals surface area (Å²) in [4.78, 5) is 0. The largest absolute Gasteiger partial charge is 0.304 e. The number of hydrogen-bond acceptors (Lipinski definition) is 1. The molecule has 1 N–H and O–H groups in total. The van der Waals surface area contributed by atoms with Gasteiger partial charge in [0, 0.05) is 5.71 Å². The van der Waals surface area contributed by atoms with Gasteiger partial charge in [-0.3, -0.25) is 0 Å². The lowest BCUT2D eigenvalue weighted by atomic mass is 9.92. The summed E-state index contributed by atoms with van der Waals surface area (Å²) in [6.07, 6.45) is 4.63. The van der Waals surface area contributed by atoms with Gasteiger partial charge in [-0.2, -0.15) is 0 Å². The van der Waals surface area contributed by atoms with Crippen molar-refractivity contribution in [3.8, 4) is 0 Å². The molecule has 0 radical (unpaired) electrons. The van der Waals surface area contributed by atoms with Crippen LogP contribution in [0, 0.1) is 18.3 Å². The van der Waals surface area contributed by atoms with Crippen molar-refractivity contribution in [1.29, 1.82) is 5.41 Å². The molecule has 0 aromatic heterocycles. The average molecular weight is 279 g/mol. The Labute approximate surface area is 128 Å². The first-order valence-corrected chi connectivity index (χ1v) is 7.86. The zero-order valence-corrected chi connectivity index (χ0v) is 13.1. The van der Waals surface area contributed by atoms with E-state index in [-0.39, 0.29) is 0 Å². The van der Waals surface area contributed by atoms with E-state index in [0.717, 1.165) is 24.1 Å². The standard InChI is InChI=1S/C20H25N/c1-16-12-14-19(15-13-16)20(21)17(2)8-6-7-11-18-9-4-3-5-10-18/h3-5,9-10,12-15,17,21H,6-8,11H2,1-2H3. The maximum absolute atomic E-state index is 8.31. The number of benzene rings is 2. The molecule has 0 aliphatic carbocycles. The number of hydrogen-bond donors (Lipinski definition) is 1. The van der Waals surface area contributed by atoms with Crippen LogP contribution in [-0.4, -0.2) is 5.71 Å². The molecule has 0 fully saturated rings. The molecule has 0 aliphatic heterocycles. The second-order valence-corrected chi connectivity index (χ2v) is 5.91. The Balaban J connectivity index is 1.75. The molecule has 0 heterocycles. The van der Waals surface area contributed by atoms with Gasteiger partial charge in [0.25, 0.3) is 0 Å². The summed E-state index contributed by atoms with van der Waals surface area (Å²) in [5, 5.41) is 8.31. The van der Waals surface area contributed by atoms with Crippen molar-refractivity contribution >= 4 is 5.71 Å². The van der Waals surface area contributed by atoms with Crippen LogP contribution < -0.4 is 0 Å². The highest BCUT2D eigenvalue weighted by atomic mass is 14.4. The maximum atomic E-state index is 8.31. The van der Waals surface area contributed by atoms with Gasteiger partial charge in [0.15, 0.2) is 0 Å². The molecule has 1 atom stereocenters. The van der Waals surface area contributed by atoms with Crippen LogP contribution in [-0.2, 0) is 6.42 Å². The number of rotatable bonds is 7. The monoisotopic (exact) mass is 279 g/mol. The van der Waals surface area contributed by atoms with Crippen LogP contribution in [0.25, 0.3) is 0 Å². The molecule has 1 nitrogen and oxygen atoms in total. The molecule has 2 rings (SSSR count). The lowest BCUT2D eigenvalue weighted by Crippen LogP contribution is -2.11. The van der Waals surface area contributed by atoms with Crippen LogP contribution >= 0.6 is 0 Å². The normalized spacial score (nSPS) is 12.1. The van der Waals surface area contributed by atoms with E-state index in [1.165, 1.54) is 24.0 Å². The SMILES string of the molecule is Cc1ccc(C(=N)C(C)CCCCc2ccccc2)cc1. The van der Waals surface area contributed by atoms with E-state index < -0.39 is 0 Å². The Morgan fingerprint density at radius 2 is 1.62 bits per heavy atom. The molecule has 0 bridgehead atoms. The van der Waals surface area contributed by atoms with E-state index in [1.807, 2.05) is 0 Å². The summed E-state index contributed by atoms with van der Waals surface area (Å²) in [5.74, 6) is 0.337. The fraction of sp³-hybridized carbons (Fsp3) is 0.350. The zero-order chi connectivity index (χ0) is 15.1. The van der Waals surface area contributed by atoms with Gasteiger partial charge in [0.05, 0.1) is 0 Å². The predicted octanol–water partition coefficient (Wildman–Crippen LogP) is 5.41. The van der Waals surface area contributed by atoms with Crippen LogP contribution in [0.4, 0.5) is 0 Å². The Kier molecular flexibility index (Phi) is 5.74. The molecule has 0 amide bonds. The second-order valence-electron chi connectivity index (χ2n) is 5.91. The average Bonchev–Trinajstić information content (AvgIpc) is 2.52. The first-order chi connectivity index (χ1) is 10.2. The van der Waals surface area contributed by atoms with Crippen molar-refractivity contribution in [3.05, 3.63) is 71.3 Å². The minimum absolute atomic E-state index is 0.337. The predicted molar refractivity (Wildman–Crippen MR) is 91.2 cm³/mol. The summed E-state index contributed by atoms with van der Waals surface area (Å²) in [7, 11) is 0. The molecule has 2 aromatic carbocycles. The van der Waals surface area contributed by atoms with Gasteiger partial charge in [-0.25, -0.2) is 0 Å². The van der Waals surface area contributed by atoms with Crippen LogP contribution in [0.2, 0.25) is 0 Å². The minimum atomic E-state index is 0.337. The molecule has 0 spiro atoms. The molecule has 2 aromatic rings. The summed E-state index contributed by atoms with van der Waals surface area (Å²) >= 11 is 0. The van der Waals surface area contributed by atoms with Crippen molar-refractivity contribution in [2.45, 2.75) is 39.5 Å². The van der Waals surface area contributed by atoms with Crippen LogP contribution in [0.15, 0.2) is 54.6 Å². The van der Waals surface area contributed by atoms with E-state index in [4.69, 9.17) is 5.41 Å². The van der Waals surface area contributed by atoms with Gasteiger partial charge in [-0.15, -0.1) is 0 Å². The molecule has 1 unspecified atom stereocenters. The van der Waals surface area contributed by atoms with Gasteiger partial charge in [-0.1, -0.05) is 73.5 Å². The number of aryl methyl sites for hydroxylation is 2. The van der Waals surface area contributed by atoms with E-state index in [0.29, 0.717) is 5.92 Å². The Morgan fingerprint density at radius 1 is 0.952 bits per heavy atom. The van der Waals surface area contributed by atoms with Gasteiger partial charge in [-0.05, 0) is 43.2 Å². The highest BCUT2D eigenvalue weighted by Crippen LogP contribution is 2.16. The molecular formula is C20H25N. The highest BCUT2D eigenvalue weighted by molar-refractivity contribution is 5.99. The van der Waals surface area contributed by atoms with Gasteiger partial charge in [0.1, 0.15) is 0 Å². The van der Waals surface area contributed by atoms with Gasteiger partial charge >= 0.3 is 0 Å². The Hall–Kier alpha value is -1.89. The fourth-order valence-electron chi connectivity index (χ4n) is 2.59. The van der Waals surface area contributed by atoms with E-state index in [2.05, 4.69) is 68.4 Å². The Bertz CT molecular complexity index is 554. The first-order valence-electron chi connectivity index (χ1n) is 7.86. The number of nitrogens with one attached hydrogen (secondary N) is 1. The molecular weight excluding hydrogens is 254 g/mol. The molecule has 110 valence electrons. The maximum Gasteiger partial charge on any atom is 0.0414 e. The second kappa shape index (κ2) is 7.78. The fourth-order valence-corrected chi connectivity index (χ4v) is 2.59. The third-order valence-corrected chi connectivity index (χ3v) is 4.05. The summed E-state index contributed by atoms with van der Waals surface area (Å²) in [5.41, 5.74) is 4.51. The van der Waals surface area contributed by atoms with E-state index in [1.54, 1.807) is 0 Å². The summed E-state index contributed by atoms with van der Waals surface area (Å²) < 4.78 is 0. The minimum Gasteiger partial charge on any atom is -0.304 e. The first kappa shape index (κ1) is 15.5.